The Hall–Kier alpha value is -0.940. The Morgan fingerprint density at radius 1 is 1.33 bits per heavy atom. The first-order valence-corrected chi connectivity index (χ1v) is 5.41. The fourth-order valence-electron chi connectivity index (χ4n) is 2.48. The quantitative estimate of drug-likeness (QED) is 0.578. The lowest BCUT2D eigenvalue weighted by Crippen LogP contribution is -2.54. The fourth-order valence-corrected chi connectivity index (χ4v) is 2.48. The molecule has 0 aromatic carbocycles. The molecule has 3 unspecified atom stereocenters. The molecule has 2 heterocycles. The molecule has 0 bridgehead atoms. The van der Waals surface area contributed by atoms with Crippen LogP contribution in [0.15, 0.2) is 0 Å². The number of carbonyl (C=O) groups is 2. The lowest BCUT2D eigenvalue weighted by molar-refractivity contribution is -0.159. The van der Waals surface area contributed by atoms with E-state index in [0.717, 1.165) is 12.8 Å². The second-order valence-electron chi connectivity index (χ2n) is 4.62. The van der Waals surface area contributed by atoms with Crippen molar-refractivity contribution in [2.45, 2.75) is 37.5 Å². The van der Waals surface area contributed by atoms with Gasteiger partial charge in [-0.25, -0.2) is 0 Å². The van der Waals surface area contributed by atoms with Crippen LogP contribution in [0, 0.1) is 5.92 Å². The van der Waals surface area contributed by atoms with E-state index in [-0.39, 0.29) is 29.8 Å². The highest BCUT2D eigenvalue weighted by Crippen LogP contribution is 2.36. The highest BCUT2D eigenvalue weighted by atomic mass is 16.5. The van der Waals surface area contributed by atoms with Crippen LogP contribution >= 0.6 is 0 Å². The molecule has 82 valence electrons. The Bertz CT molecular complexity index is 327. The van der Waals surface area contributed by atoms with Crippen LogP contribution in [-0.2, 0) is 14.3 Å². The number of ether oxygens (including phenoxy) is 1. The zero-order chi connectivity index (χ0) is 10.6. The summed E-state index contributed by atoms with van der Waals surface area (Å²) >= 11 is 0. The number of hydrogen-bond donors (Lipinski definition) is 1. The molecule has 2 amide bonds. The Kier molecular flexibility index (Phi) is 1.87. The number of carbonyl (C=O) groups excluding carboxylic acids is 2. The molecule has 2 saturated heterocycles. The summed E-state index contributed by atoms with van der Waals surface area (Å²) in [6.07, 6.45) is 1.80. The van der Waals surface area contributed by atoms with E-state index < -0.39 is 6.10 Å². The van der Waals surface area contributed by atoms with Crippen LogP contribution in [0.4, 0.5) is 0 Å². The second kappa shape index (κ2) is 3.02. The number of fused-ring (bicyclic) bond motifs is 1. The van der Waals surface area contributed by atoms with E-state index in [4.69, 9.17) is 10.5 Å². The minimum Gasteiger partial charge on any atom is -0.366 e. The number of hydrogen-bond acceptors (Lipinski definition) is 4. The van der Waals surface area contributed by atoms with E-state index in [2.05, 4.69) is 0 Å². The smallest absolute Gasteiger partial charge is 0.258 e. The third-order valence-electron chi connectivity index (χ3n) is 3.48. The molecule has 3 rings (SSSR count). The monoisotopic (exact) mass is 210 g/mol. The maximum absolute atomic E-state index is 12.0. The molecule has 1 aliphatic carbocycles. The predicted octanol–water partition coefficient (Wildman–Crippen LogP) is -0.750. The second-order valence-corrected chi connectivity index (χ2v) is 4.62. The SMILES string of the molecule is NC1COC2C(=O)N(C3CC3)C(=O)CC12. The summed E-state index contributed by atoms with van der Waals surface area (Å²) in [4.78, 5) is 25.1. The average Bonchev–Trinajstić information content (AvgIpc) is 2.94. The first-order valence-electron chi connectivity index (χ1n) is 5.41. The van der Waals surface area contributed by atoms with Gasteiger partial charge in [0.25, 0.3) is 5.91 Å². The number of amides is 2. The number of piperidine rings is 1. The van der Waals surface area contributed by atoms with Crippen LogP contribution in [0.1, 0.15) is 19.3 Å². The molecule has 15 heavy (non-hydrogen) atoms. The molecule has 5 heteroatoms. The van der Waals surface area contributed by atoms with Gasteiger partial charge in [0, 0.05) is 24.4 Å². The summed E-state index contributed by atoms with van der Waals surface area (Å²) in [6.45, 7) is 0.396. The van der Waals surface area contributed by atoms with Crippen LogP contribution in [0.3, 0.4) is 0 Å². The summed E-state index contributed by atoms with van der Waals surface area (Å²) in [7, 11) is 0. The molecule has 0 aromatic heterocycles. The standard InChI is InChI=1S/C10H14N2O3/c11-7-4-15-9-6(7)3-8(13)12(10(9)14)5-1-2-5/h5-7,9H,1-4,11H2. The highest BCUT2D eigenvalue weighted by molar-refractivity contribution is 6.01. The van der Waals surface area contributed by atoms with Gasteiger partial charge in [-0.2, -0.15) is 0 Å². The van der Waals surface area contributed by atoms with E-state index in [1.807, 2.05) is 0 Å². The molecule has 2 aliphatic heterocycles. The number of nitrogens with zero attached hydrogens (tertiary/aromatic N) is 1. The number of rotatable bonds is 1. The highest BCUT2D eigenvalue weighted by Gasteiger charge is 2.51. The van der Waals surface area contributed by atoms with Gasteiger partial charge in [-0.3, -0.25) is 14.5 Å². The zero-order valence-corrected chi connectivity index (χ0v) is 8.39. The van der Waals surface area contributed by atoms with Crippen molar-refractivity contribution in [3.05, 3.63) is 0 Å². The van der Waals surface area contributed by atoms with Crippen LogP contribution in [0.5, 0.6) is 0 Å². The largest absolute Gasteiger partial charge is 0.366 e. The third-order valence-corrected chi connectivity index (χ3v) is 3.48. The van der Waals surface area contributed by atoms with Gasteiger partial charge in [-0.05, 0) is 12.8 Å². The summed E-state index contributed by atoms with van der Waals surface area (Å²) in [6, 6.07) is -0.0179. The minimum atomic E-state index is -0.460. The molecule has 3 fully saturated rings. The first-order chi connectivity index (χ1) is 7.18. The van der Waals surface area contributed by atoms with Crippen molar-refractivity contribution in [3.8, 4) is 0 Å². The maximum Gasteiger partial charge on any atom is 0.258 e. The van der Waals surface area contributed by atoms with Crippen LogP contribution in [0.2, 0.25) is 0 Å². The molecule has 0 spiro atoms. The van der Waals surface area contributed by atoms with Gasteiger partial charge in [0.15, 0.2) is 0 Å². The molecule has 2 N–H and O–H groups in total. The molecule has 5 nitrogen and oxygen atoms in total. The first kappa shape index (κ1) is 9.30. The molecule has 0 aromatic rings. The van der Waals surface area contributed by atoms with Crippen molar-refractivity contribution >= 4 is 11.8 Å². The minimum absolute atomic E-state index is 0.0651. The van der Waals surface area contributed by atoms with Crippen LogP contribution < -0.4 is 5.73 Å². The van der Waals surface area contributed by atoms with Crippen molar-refractivity contribution in [1.29, 1.82) is 0 Å². The van der Waals surface area contributed by atoms with Gasteiger partial charge in [0.05, 0.1) is 6.61 Å². The topological polar surface area (TPSA) is 72.6 Å². The zero-order valence-electron chi connectivity index (χ0n) is 8.39. The lowest BCUT2D eigenvalue weighted by Gasteiger charge is -2.32. The van der Waals surface area contributed by atoms with Crippen molar-refractivity contribution in [2.75, 3.05) is 6.61 Å². The maximum atomic E-state index is 12.0. The Balaban J connectivity index is 1.86. The molecule has 3 aliphatic rings. The lowest BCUT2D eigenvalue weighted by atomic mass is 9.89. The summed E-state index contributed by atoms with van der Waals surface area (Å²) in [5.41, 5.74) is 5.80. The van der Waals surface area contributed by atoms with Gasteiger partial charge in [-0.15, -0.1) is 0 Å². The summed E-state index contributed by atoms with van der Waals surface area (Å²) < 4.78 is 5.37. The van der Waals surface area contributed by atoms with Crippen LogP contribution in [0.25, 0.3) is 0 Å². The molecule has 3 atom stereocenters. The number of imide groups is 1. The third kappa shape index (κ3) is 1.30. The predicted molar refractivity (Wildman–Crippen MR) is 50.7 cm³/mol. The van der Waals surface area contributed by atoms with E-state index in [1.165, 1.54) is 4.90 Å². The Morgan fingerprint density at radius 2 is 2.07 bits per heavy atom. The van der Waals surface area contributed by atoms with Crippen molar-refractivity contribution in [1.82, 2.24) is 4.90 Å². The fraction of sp³-hybridized carbons (Fsp3) is 0.800. The van der Waals surface area contributed by atoms with E-state index in [1.54, 1.807) is 0 Å². The molecule has 1 saturated carbocycles. The molecular formula is C10H14N2O3. The molecular weight excluding hydrogens is 196 g/mol. The summed E-state index contributed by atoms with van der Waals surface area (Å²) in [5.74, 6) is -0.323. The Morgan fingerprint density at radius 3 is 2.73 bits per heavy atom. The van der Waals surface area contributed by atoms with E-state index in [0.29, 0.717) is 13.0 Å². The Labute approximate surface area is 87.5 Å². The molecule has 0 radical (unpaired) electrons. The van der Waals surface area contributed by atoms with E-state index >= 15 is 0 Å². The van der Waals surface area contributed by atoms with Gasteiger partial charge in [-0.1, -0.05) is 0 Å². The van der Waals surface area contributed by atoms with Crippen molar-refractivity contribution in [2.24, 2.45) is 11.7 Å². The van der Waals surface area contributed by atoms with Crippen molar-refractivity contribution in [3.63, 3.8) is 0 Å². The van der Waals surface area contributed by atoms with Gasteiger partial charge < -0.3 is 10.5 Å². The number of likely N-dealkylation sites (tertiary alicyclic amines) is 1. The van der Waals surface area contributed by atoms with Crippen LogP contribution in [-0.4, -0.2) is 41.5 Å². The summed E-state index contributed by atoms with van der Waals surface area (Å²) in [5, 5.41) is 0. The number of nitrogens with two attached hydrogens (primary N) is 1. The van der Waals surface area contributed by atoms with Gasteiger partial charge >= 0.3 is 0 Å². The average molecular weight is 210 g/mol. The van der Waals surface area contributed by atoms with E-state index in [9.17, 15) is 9.59 Å². The van der Waals surface area contributed by atoms with Gasteiger partial charge in [0.2, 0.25) is 5.91 Å². The van der Waals surface area contributed by atoms with Crippen molar-refractivity contribution < 1.29 is 14.3 Å². The normalized spacial score (nSPS) is 40.9. The van der Waals surface area contributed by atoms with Gasteiger partial charge in [0.1, 0.15) is 6.10 Å².